The molecule has 2 aromatic rings. The van der Waals surface area contributed by atoms with Gasteiger partial charge in [0, 0.05) is 18.1 Å². The molecule has 0 aliphatic rings. The van der Waals surface area contributed by atoms with Gasteiger partial charge in [-0.15, -0.1) is 0 Å². The van der Waals surface area contributed by atoms with E-state index in [9.17, 15) is 25.3 Å². The second kappa shape index (κ2) is 5.35. The molecule has 7 nitrogen and oxygen atoms in total. The van der Waals surface area contributed by atoms with Gasteiger partial charge in [0.25, 0.3) is 5.69 Å². The van der Waals surface area contributed by atoms with Gasteiger partial charge in [0.05, 0.1) is 15.9 Å². The Bertz CT molecular complexity index is 670. The van der Waals surface area contributed by atoms with E-state index in [0.29, 0.717) is 0 Å². The molecule has 0 saturated heterocycles. The lowest BCUT2D eigenvalue weighted by atomic mass is 10.0. The highest BCUT2D eigenvalue weighted by molar-refractivity contribution is 5.58. The summed E-state index contributed by atoms with van der Waals surface area (Å²) in [5.41, 5.74) is -0.139. The Morgan fingerprint density at radius 3 is 2.20 bits per heavy atom. The molecular formula is C13H10N2O5. The van der Waals surface area contributed by atoms with Crippen molar-refractivity contribution in [3.8, 4) is 5.75 Å². The Hall–Kier alpha value is -2.96. The van der Waals surface area contributed by atoms with Crippen LogP contribution in [0.5, 0.6) is 5.75 Å². The van der Waals surface area contributed by atoms with Crippen LogP contribution in [0.25, 0.3) is 0 Å². The van der Waals surface area contributed by atoms with Gasteiger partial charge in [-0.1, -0.05) is 30.3 Å². The van der Waals surface area contributed by atoms with Gasteiger partial charge in [0.1, 0.15) is 0 Å². The molecule has 0 radical (unpaired) electrons. The van der Waals surface area contributed by atoms with Crippen molar-refractivity contribution in [3.05, 3.63) is 73.8 Å². The van der Waals surface area contributed by atoms with Crippen LogP contribution in [0.2, 0.25) is 0 Å². The number of phenolic OH excluding ortho intramolecular Hbond substituents is 1. The highest BCUT2D eigenvalue weighted by Gasteiger charge is 2.23. The van der Waals surface area contributed by atoms with E-state index in [2.05, 4.69) is 0 Å². The quantitative estimate of drug-likeness (QED) is 0.681. The Morgan fingerprint density at radius 2 is 1.65 bits per heavy atom. The number of nitrogens with zero attached hydrogens (tertiary/aromatic N) is 2. The number of aromatic hydroxyl groups is 1. The Kier molecular flexibility index (Phi) is 3.60. The van der Waals surface area contributed by atoms with E-state index < -0.39 is 27.0 Å². The van der Waals surface area contributed by atoms with Crippen molar-refractivity contribution in [1.29, 1.82) is 0 Å². The maximum atomic E-state index is 10.8. The molecule has 2 aromatic carbocycles. The molecule has 20 heavy (non-hydrogen) atoms. The number of hydrogen-bond acceptors (Lipinski definition) is 5. The molecule has 7 heteroatoms. The molecule has 0 saturated carbocycles. The van der Waals surface area contributed by atoms with E-state index in [1.807, 2.05) is 0 Å². The largest absolute Gasteiger partial charge is 0.502 e. The fraction of sp³-hybridized carbons (Fsp3) is 0.0769. The number of nitro groups is 2. The molecular weight excluding hydrogens is 264 g/mol. The first-order chi connectivity index (χ1) is 9.49. The summed E-state index contributed by atoms with van der Waals surface area (Å²) < 4.78 is 0. The first-order valence-corrected chi connectivity index (χ1v) is 5.67. The third kappa shape index (κ3) is 2.72. The molecule has 0 fully saturated rings. The summed E-state index contributed by atoms with van der Waals surface area (Å²) in [4.78, 5) is 20.1. The van der Waals surface area contributed by atoms with Crippen LogP contribution in [0.3, 0.4) is 0 Å². The maximum Gasteiger partial charge on any atom is 0.317 e. The predicted molar refractivity (Wildman–Crippen MR) is 70.7 cm³/mol. The van der Waals surface area contributed by atoms with Crippen LogP contribution in [-0.4, -0.2) is 15.0 Å². The first kappa shape index (κ1) is 13.5. The summed E-state index contributed by atoms with van der Waals surface area (Å²) in [6.45, 7) is 0. The summed E-state index contributed by atoms with van der Waals surface area (Å²) >= 11 is 0. The molecule has 0 aliphatic carbocycles. The van der Waals surface area contributed by atoms with E-state index in [-0.39, 0.29) is 12.0 Å². The van der Waals surface area contributed by atoms with Crippen molar-refractivity contribution in [1.82, 2.24) is 0 Å². The summed E-state index contributed by atoms with van der Waals surface area (Å²) in [7, 11) is 0. The SMILES string of the molecule is O=[N+]([O-])c1cc(Cc2ccccc2)c(O)c([N+](=O)[O-])c1. The fourth-order valence-corrected chi connectivity index (χ4v) is 1.86. The highest BCUT2D eigenvalue weighted by atomic mass is 16.6. The summed E-state index contributed by atoms with van der Waals surface area (Å²) in [6, 6.07) is 10.8. The normalized spacial score (nSPS) is 10.2. The average molecular weight is 274 g/mol. The second-order valence-electron chi connectivity index (χ2n) is 4.15. The van der Waals surface area contributed by atoms with Crippen LogP contribution >= 0.6 is 0 Å². The van der Waals surface area contributed by atoms with Gasteiger partial charge in [-0.2, -0.15) is 0 Å². The topological polar surface area (TPSA) is 107 Å². The second-order valence-corrected chi connectivity index (χ2v) is 4.15. The Balaban J connectivity index is 2.51. The van der Waals surface area contributed by atoms with E-state index >= 15 is 0 Å². The van der Waals surface area contributed by atoms with Crippen molar-refractivity contribution < 1.29 is 15.0 Å². The molecule has 0 aliphatic heterocycles. The molecule has 1 N–H and O–H groups in total. The van der Waals surface area contributed by atoms with Gasteiger partial charge < -0.3 is 5.11 Å². The lowest BCUT2D eigenvalue weighted by Crippen LogP contribution is -1.98. The van der Waals surface area contributed by atoms with Crippen molar-refractivity contribution in [3.63, 3.8) is 0 Å². The molecule has 0 aromatic heterocycles. The van der Waals surface area contributed by atoms with Gasteiger partial charge in [0.15, 0.2) is 5.75 Å². The van der Waals surface area contributed by atoms with Gasteiger partial charge in [-0.25, -0.2) is 0 Å². The minimum absolute atomic E-state index is 0.150. The molecule has 0 spiro atoms. The summed E-state index contributed by atoms with van der Waals surface area (Å²) in [5, 5.41) is 31.5. The number of benzene rings is 2. The first-order valence-electron chi connectivity index (χ1n) is 5.67. The number of phenols is 1. The molecule has 0 unspecified atom stereocenters. The zero-order valence-electron chi connectivity index (χ0n) is 10.2. The number of hydrogen-bond donors (Lipinski definition) is 1. The van der Waals surface area contributed by atoms with Gasteiger partial charge >= 0.3 is 5.69 Å². The van der Waals surface area contributed by atoms with E-state index in [0.717, 1.165) is 17.7 Å². The van der Waals surface area contributed by atoms with Crippen LogP contribution in [0.1, 0.15) is 11.1 Å². The number of rotatable bonds is 4. The zero-order valence-corrected chi connectivity index (χ0v) is 10.2. The zero-order chi connectivity index (χ0) is 14.7. The molecule has 0 bridgehead atoms. The van der Waals surface area contributed by atoms with Crippen molar-refractivity contribution in [2.24, 2.45) is 0 Å². The van der Waals surface area contributed by atoms with Crippen LogP contribution in [0.15, 0.2) is 42.5 Å². The standard InChI is InChI=1S/C13H10N2O5/c16-13-10(6-9-4-2-1-3-5-9)7-11(14(17)18)8-12(13)15(19)20/h1-5,7-8,16H,6H2. The van der Waals surface area contributed by atoms with Crippen molar-refractivity contribution in [2.75, 3.05) is 0 Å². The minimum atomic E-state index is -0.836. The molecule has 0 amide bonds. The number of non-ortho nitro benzene ring substituents is 1. The maximum absolute atomic E-state index is 10.8. The third-order valence-corrected chi connectivity index (χ3v) is 2.80. The van der Waals surface area contributed by atoms with Crippen LogP contribution in [0.4, 0.5) is 11.4 Å². The predicted octanol–water partition coefficient (Wildman–Crippen LogP) is 2.80. The van der Waals surface area contributed by atoms with Gasteiger partial charge in [-0.05, 0) is 5.56 Å². The van der Waals surface area contributed by atoms with Crippen molar-refractivity contribution in [2.45, 2.75) is 6.42 Å². The lowest BCUT2D eigenvalue weighted by Gasteiger charge is -2.05. The smallest absolute Gasteiger partial charge is 0.317 e. The molecule has 0 atom stereocenters. The van der Waals surface area contributed by atoms with Crippen molar-refractivity contribution >= 4 is 11.4 Å². The molecule has 2 rings (SSSR count). The molecule has 0 heterocycles. The lowest BCUT2D eigenvalue weighted by molar-refractivity contribution is -0.394. The van der Waals surface area contributed by atoms with Crippen LogP contribution in [0, 0.1) is 20.2 Å². The number of nitro benzene ring substituents is 2. The van der Waals surface area contributed by atoms with Gasteiger partial charge in [-0.3, -0.25) is 20.2 Å². The Morgan fingerprint density at radius 1 is 1.00 bits per heavy atom. The Labute approximate surface area is 113 Å². The summed E-state index contributed by atoms with van der Waals surface area (Å²) in [6.07, 6.45) is 0.176. The average Bonchev–Trinajstić information content (AvgIpc) is 2.41. The van der Waals surface area contributed by atoms with E-state index in [1.54, 1.807) is 30.3 Å². The van der Waals surface area contributed by atoms with Gasteiger partial charge in [0.2, 0.25) is 0 Å². The third-order valence-electron chi connectivity index (χ3n) is 2.80. The minimum Gasteiger partial charge on any atom is -0.502 e. The monoisotopic (exact) mass is 274 g/mol. The molecule has 102 valence electrons. The fourth-order valence-electron chi connectivity index (χ4n) is 1.86. The van der Waals surface area contributed by atoms with E-state index in [1.165, 1.54) is 0 Å². The van der Waals surface area contributed by atoms with Crippen LogP contribution in [-0.2, 0) is 6.42 Å². The van der Waals surface area contributed by atoms with Crippen LogP contribution < -0.4 is 0 Å². The highest BCUT2D eigenvalue weighted by Crippen LogP contribution is 2.35. The summed E-state index contributed by atoms with van der Waals surface area (Å²) in [5.74, 6) is -0.538. The van der Waals surface area contributed by atoms with E-state index in [4.69, 9.17) is 0 Å².